The minimum absolute atomic E-state index is 0.153. The molecule has 0 aliphatic carbocycles. The molecule has 2 aliphatic rings. The highest BCUT2D eigenvalue weighted by atomic mass is 32.2. The Balaban J connectivity index is 1.36. The predicted molar refractivity (Wildman–Crippen MR) is 132 cm³/mol. The maximum atomic E-state index is 10.2. The van der Waals surface area contributed by atoms with E-state index in [1.54, 1.807) is 6.07 Å². The van der Waals surface area contributed by atoms with Crippen molar-refractivity contribution in [1.29, 1.82) is 0 Å². The van der Waals surface area contributed by atoms with Crippen molar-refractivity contribution in [3.05, 3.63) is 89.5 Å². The summed E-state index contributed by atoms with van der Waals surface area (Å²) < 4.78 is 6.11. The Morgan fingerprint density at radius 1 is 0.875 bits per heavy atom. The first kappa shape index (κ1) is 21.4. The first-order chi connectivity index (χ1) is 15.8. The van der Waals surface area contributed by atoms with Gasteiger partial charge in [-0.1, -0.05) is 48.9 Å². The molecule has 2 heterocycles. The van der Waals surface area contributed by atoms with Gasteiger partial charge in [-0.15, -0.1) is 11.8 Å². The van der Waals surface area contributed by atoms with Gasteiger partial charge in [-0.3, -0.25) is 0 Å². The van der Waals surface area contributed by atoms with Gasteiger partial charge in [-0.05, 0) is 67.4 Å². The van der Waals surface area contributed by atoms with Gasteiger partial charge in [0.25, 0.3) is 0 Å². The van der Waals surface area contributed by atoms with Crippen molar-refractivity contribution in [2.45, 2.75) is 36.0 Å². The Bertz CT molecular complexity index is 1020. The summed E-state index contributed by atoms with van der Waals surface area (Å²) in [5.74, 6) is 2.67. The number of fused-ring (bicyclic) bond motifs is 1. The Kier molecular flexibility index (Phi) is 6.70. The van der Waals surface area contributed by atoms with E-state index < -0.39 is 0 Å². The molecule has 166 valence electrons. The van der Waals surface area contributed by atoms with Crippen LogP contribution >= 0.6 is 11.8 Å². The van der Waals surface area contributed by atoms with E-state index in [9.17, 15) is 5.11 Å². The second-order valence-corrected chi connectivity index (χ2v) is 10.0. The number of rotatable bonds is 6. The third kappa shape index (κ3) is 4.82. The van der Waals surface area contributed by atoms with Gasteiger partial charge in [0.15, 0.2) is 0 Å². The third-order valence-electron chi connectivity index (χ3n) is 6.74. The topological polar surface area (TPSA) is 32.7 Å². The first-order valence-corrected chi connectivity index (χ1v) is 12.7. The Morgan fingerprint density at radius 3 is 2.44 bits per heavy atom. The zero-order valence-corrected chi connectivity index (χ0v) is 19.3. The number of ether oxygens (including phenoxy) is 1. The summed E-state index contributed by atoms with van der Waals surface area (Å²) in [6, 6.07) is 25.1. The van der Waals surface area contributed by atoms with Crippen LogP contribution in [0.15, 0.2) is 77.7 Å². The van der Waals surface area contributed by atoms with Crippen molar-refractivity contribution in [2.75, 3.05) is 32.0 Å². The number of nitrogens with zero attached hydrogens (tertiary/aromatic N) is 1. The van der Waals surface area contributed by atoms with Crippen LogP contribution in [0.4, 0.5) is 0 Å². The standard InChI is InChI=1S/C28H31NO2S/c30-23-11-14-27-25(19-23)28(26(20-31-27)21-7-3-1-4-8-21)22-9-12-24(13-10-22)32-18-17-29-15-5-2-6-16-29/h1,3-4,7-14,19,26,28,30H,2,5-6,15-18,20H2/t26-,28-/m1/s1. The van der Waals surface area contributed by atoms with Crippen LogP contribution in [0.5, 0.6) is 11.5 Å². The predicted octanol–water partition coefficient (Wildman–Crippen LogP) is 6.28. The van der Waals surface area contributed by atoms with Crippen LogP contribution in [0, 0.1) is 0 Å². The highest BCUT2D eigenvalue weighted by Crippen LogP contribution is 2.47. The van der Waals surface area contributed by atoms with Crippen LogP contribution in [-0.4, -0.2) is 42.0 Å². The summed E-state index contributed by atoms with van der Waals surface area (Å²) in [6.45, 7) is 4.33. The zero-order valence-electron chi connectivity index (χ0n) is 18.5. The van der Waals surface area contributed by atoms with Crippen molar-refractivity contribution in [1.82, 2.24) is 4.90 Å². The van der Waals surface area contributed by atoms with Gasteiger partial charge in [0, 0.05) is 34.6 Å². The number of benzene rings is 3. The van der Waals surface area contributed by atoms with E-state index >= 15 is 0 Å². The first-order valence-electron chi connectivity index (χ1n) is 11.7. The molecule has 0 saturated carbocycles. The number of likely N-dealkylation sites (tertiary alicyclic amines) is 1. The Morgan fingerprint density at radius 2 is 1.66 bits per heavy atom. The molecule has 0 radical (unpaired) electrons. The Hall–Kier alpha value is -2.43. The number of thioether (sulfide) groups is 1. The molecule has 3 aromatic carbocycles. The van der Waals surface area contributed by atoms with Gasteiger partial charge in [0.05, 0.1) is 6.61 Å². The molecule has 0 aromatic heterocycles. The molecule has 2 aliphatic heterocycles. The van der Waals surface area contributed by atoms with E-state index in [2.05, 4.69) is 59.5 Å². The molecule has 3 aromatic rings. The van der Waals surface area contributed by atoms with E-state index in [-0.39, 0.29) is 17.6 Å². The lowest BCUT2D eigenvalue weighted by atomic mass is 9.76. The molecule has 0 bridgehead atoms. The highest BCUT2D eigenvalue weighted by molar-refractivity contribution is 7.99. The summed E-state index contributed by atoms with van der Waals surface area (Å²) in [5, 5.41) is 10.2. The largest absolute Gasteiger partial charge is 0.508 e. The summed E-state index contributed by atoms with van der Waals surface area (Å²) in [7, 11) is 0. The molecule has 1 fully saturated rings. The minimum atomic E-state index is 0.153. The second kappa shape index (κ2) is 10.0. The highest BCUT2D eigenvalue weighted by Gasteiger charge is 2.33. The minimum Gasteiger partial charge on any atom is -0.508 e. The smallest absolute Gasteiger partial charge is 0.123 e. The lowest BCUT2D eigenvalue weighted by Crippen LogP contribution is -2.31. The maximum Gasteiger partial charge on any atom is 0.123 e. The van der Waals surface area contributed by atoms with Crippen LogP contribution in [0.3, 0.4) is 0 Å². The molecule has 0 amide bonds. The Labute approximate surface area is 195 Å². The maximum absolute atomic E-state index is 10.2. The van der Waals surface area contributed by atoms with Gasteiger partial charge < -0.3 is 14.7 Å². The molecule has 1 saturated heterocycles. The SMILES string of the molecule is Oc1ccc2c(c1)[C@@H](c1ccc(SCCN3CCCCC3)cc1)[C@@H](c1ccccc1)CO2. The van der Waals surface area contributed by atoms with Crippen molar-refractivity contribution >= 4 is 11.8 Å². The number of phenolic OH excluding ortho intramolecular Hbond substituents is 1. The summed E-state index contributed by atoms with van der Waals surface area (Å²) in [6.07, 6.45) is 4.09. The van der Waals surface area contributed by atoms with Crippen LogP contribution in [0.1, 0.15) is 47.8 Å². The monoisotopic (exact) mass is 445 g/mol. The molecule has 32 heavy (non-hydrogen) atoms. The third-order valence-corrected chi connectivity index (χ3v) is 7.73. The number of hydrogen-bond acceptors (Lipinski definition) is 4. The van der Waals surface area contributed by atoms with E-state index in [0.29, 0.717) is 6.61 Å². The number of phenols is 1. The average Bonchev–Trinajstić information content (AvgIpc) is 2.85. The lowest BCUT2D eigenvalue weighted by molar-refractivity contribution is 0.242. The quantitative estimate of drug-likeness (QED) is 0.453. The fraction of sp³-hybridized carbons (Fsp3) is 0.357. The fourth-order valence-electron chi connectivity index (χ4n) is 5.05. The van der Waals surface area contributed by atoms with Crippen LogP contribution < -0.4 is 4.74 Å². The molecule has 5 rings (SSSR count). The van der Waals surface area contributed by atoms with Crippen molar-refractivity contribution in [3.8, 4) is 11.5 Å². The van der Waals surface area contributed by atoms with Gasteiger partial charge in [-0.25, -0.2) is 0 Å². The van der Waals surface area contributed by atoms with E-state index in [1.807, 2.05) is 23.9 Å². The molecular formula is C28H31NO2S. The normalized spacial score (nSPS) is 21.0. The second-order valence-electron chi connectivity index (χ2n) is 8.85. The zero-order chi connectivity index (χ0) is 21.8. The molecule has 0 unspecified atom stereocenters. The van der Waals surface area contributed by atoms with Gasteiger partial charge >= 0.3 is 0 Å². The van der Waals surface area contributed by atoms with Crippen molar-refractivity contribution in [3.63, 3.8) is 0 Å². The van der Waals surface area contributed by atoms with Gasteiger partial charge in [0.1, 0.15) is 11.5 Å². The molecule has 1 N–H and O–H groups in total. The molecule has 3 nitrogen and oxygen atoms in total. The van der Waals surface area contributed by atoms with Crippen molar-refractivity contribution < 1.29 is 9.84 Å². The average molecular weight is 446 g/mol. The summed E-state index contributed by atoms with van der Waals surface area (Å²) in [4.78, 5) is 3.92. The molecule has 0 spiro atoms. The van der Waals surface area contributed by atoms with Crippen molar-refractivity contribution in [2.24, 2.45) is 0 Å². The lowest BCUT2D eigenvalue weighted by Gasteiger charge is -2.34. The van der Waals surface area contributed by atoms with Crippen LogP contribution in [0.25, 0.3) is 0 Å². The van der Waals surface area contributed by atoms with E-state index in [0.717, 1.165) is 17.1 Å². The molecule has 4 heteroatoms. The number of piperidine rings is 1. The van der Waals surface area contributed by atoms with Crippen LogP contribution in [0.2, 0.25) is 0 Å². The summed E-state index contributed by atoms with van der Waals surface area (Å²) >= 11 is 1.95. The molecular weight excluding hydrogens is 414 g/mol. The van der Waals surface area contributed by atoms with Gasteiger partial charge in [-0.2, -0.15) is 0 Å². The summed E-state index contributed by atoms with van der Waals surface area (Å²) in [5.41, 5.74) is 3.61. The van der Waals surface area contributed by atoms with Gasteiger partial charge in [0.2, 0.25) is 0 Å². The fourth-order valence-corrected chi connectivity index (χ4v) is 5.96. The number of hydrogen-bond donors (Lipinski definition) is 1. The van der Waals surface area contributed by atoms with E-state index in [4.69, 9.17) is 4.74 Å². The van der Waals surface area contributed by atoms with Crippen LogP contribution in [-0.2, 0) is 0 Å². The van der Waals surface area contributed by atoms with E-state index in [1.165, 1.54) is 54.9 Å². The molecule has 2 atom stereocenters. The number of aromatic hydroxyl groups is 1.